The van der Waals surface area contributed by atoms with E-state index in [1.54, 1.807) is 11.8 Å². The number of nitrogens with one attached hydrogen (secondary N) is 1. The van der Waals surface area contributed by atoms with Gasteiger partial charge in [-0.1, -0.05) is 17.8 Å². The molecule has 0 saturated carbocycles. The van der Waals surface area contributed by atoms with Gasteiger partial charge < -0.3 is 9.73 Å². The van der Waals surface area contributed by atoms with Crippen molar-refractivity contribution in [1.82, 2.24) is 10.3 Å². The topological polar surface area (TPSA) is 38.1 Å². The first-order chi connectivity index (χ1) is 8.75. The maximum atomic E-state index is 5.51. The van der Waals surface area contributed by atoms with E-state index in [9.17, 15) is 0 Å². The molecule has 5 heteroatoms. The minimum atomic E-state index is 0.782. The highest BCUT2D eigenvalue weighted by Crippen LogP contribution is 2.19. The molecular weight excluding hydrogens is 264 g/mol. The molecule has 0 aliphatic rings. The molecule has 0 saturated heterocycles. The third-order valence-corrected chi connectivity index (χ3v) is 4.41. The van der Waals surface area contributed by atoms with Crippen LogP contribution in [0, 0.1) is 13.8 Å². The van der Waals surface area contributed by atoms with E-state index < -0.39 is 0 Å². The van der Waals surface area contributed by atoms with Gasteiger partial charge >= 0.3 is 0 Å². The Hall–Kier alpha value is -0.780. The van der Waals surface area contributed by atoms with E-state index in [0.29, 0.717) is 0 Å². The van der Waals surface area contributed by atoms with Gasteiger partial charge in [0.15, 0.2) is 0 Å². The Bertz CT molecular complexity index is 446. The van der Waals surface area contributed by atoms with Crippen molar-refractivity contribution in [3.05, 3.63) is 33.8 Å². The molecule has 0 unspecified atom stereocenters. The zero-order chi connectivity index (χ0) is 12.8. The molecule has 0 radical (unpaired) electrons. The van der Waals surface area contributed by atoms with E-state index in [2.05, 4.69) is 27.8 Å². The summed E-state index contributed by atoms with van der Waals surface area (Å²) in [5.41, 5.74) is 0.989. The van der Waals surface area contributed by atoms with Crippen molar-refractivity contribution in [2.45, 2.75) is 25.5 Å². The van der Waals surface area contributed by atoms with E-state index in [-0.39, 0.29) is 0 Å². The Balaban J connectivity index is 1.56. The summed E-state index contributed by atoms with van der Waals surface area (Å²) < 4.78 is 5.51. The van der Waals surface area contributed by atoms with Crippen molar-refractivity contribution < 1.29 is 4.42 Å². The van der Waals surface area contributed by atoms with Gasteiger partial charge in [-0.3, -0.25) is 0 Å². The largest absolute Gasteiger partial charge is 0.437 e. The standard InChI is InChI=1S/C13H18N2OS2/c1-10-11(2)16-13(15-10)18-9-7-14-6-5-12-4-3-8-17-12/h3-4,8,14H,5-7,9H2,1-2H3. The molecule has 0 aromatic carbocycles. The molecule has 1 N–H and O–H groups in total. The summed E-state index contributed by atoms with van der Waals surface area (Å²) in [7, 11) is 0. The highest BCUT2D eigenvalue weighted by molar-refractivity contribution is 7.99. The Labute approximate surface area is 116 Å². The molecule has 2 heterocycles. The van der Waals surface area contributed by atoms with Crippen LogP contribution in [0.5, 0.6) is 0 Å². The molecule has 98 valence electrons. The Kier molecular flexibility index (Phi) is 5.28. The summed E-state index contributed by atoms with van der Waals surface area (Å²) >= 11 is 3.48. The number of nitrogens with zero attached hydrogens (tertiary/aromatic N) is 1. The van der Waals surface area contributed by atoms with Crippen molar-refractivity contribution in [2.75, 3.05) is 18.8 Å². The molecule has 2 aromatic rings. The number of hydrogen-bond acceptors (Lipinski definition) is 5. The number of hydrogen-bond donors (Lipinski definition) is 1. The summed E-state index contributed by atoms with van der Waals surface area (Å²) in [6.45, 7) is 5.94. The summed E-state index contributed by atoms with van der Waals surface area (Å²) in [4.78, 5) is 5.78. The van der Waals surface area contributed by atoms with Gasteiger partial charge in [-0.15, -0.1) is 11.3 Å². The van der Waals surface area contributed by atoms with Crippen LogP contribution < -0.4 is 5.32 Å². The van der Waals surface area contributed by atoms with E-state index in [0.717, 1.165) is 41.9 Å². The average Bonchev–Trinajstić information content (AvgIpc) is 2.95. The monoisotopic (exact) mass is 282 g/mol. The van der Waals surface area contributed by atoms with Crippen LogP contribution in [0.3, 0.4) is 0 Å². The van der Waals surface area contributed by atoms with Crippen molar-refractivity contribution in [1.29, 1.82) is 0 Å². The molecule has 0 amide bonds. The number of rotatable bonds is 7. The van der Waals surface area contributed by atoms with Crippen LogP contribution in [0.15, 0.2) is 27.2 Å². The lowest BCUT2D eigenvalue weighted by atomic mass is 10.3. The van der Waals surface area contributed by atoms with Gasteiger partial charge in [0.2, 0.25) is 0 Å². The minimum absolute atomic E-state index is 0.782. The lowest BCUT2D eigenvalue weighted by molar-refractivity contribution is 0.431. The second kappa shape index (κ2) is 6.97. The molecule has 0 spiro atoms. The van der Waals surface area contributed by atoms with Gasteiger partial charge in [0.1, 0.15) is 5.76 Å². The van der Waals surface area contributed by atoms with Gasteiger partial charge in [0, 0.05) is 17.2 Å². The van der Waals surface area contributed by atoms with Gasteiger partial charge in [-0.05, 0) is 38.3 Å². The second-order valence-corrected chi connectivity index (χ2v) is 6.13. The van der Waals surface area contributed by atoms with Gasteiger partial charge in [-0.2, -0.15) is 0 Å². The quantitative estimate of drug-likeness (QED) is 0.625. The van der Waals surface area contributed by atoms with Gasteiger partial charge in [-0.25, -0.2) is 4.98 Å². The van der Waals surface area contributed by atoms with Crippen LogP contribution in [-0.4, -0.2) is 23.8 Å². The zero-order valence-electron chi connectivity index (χ0n) is 10.7. The fourth-order valence-corrected chi connectivity index (χ4v) is 3.02. The molecule has 0 fully saturated rings. The molecule has 0 aliphatic carbocycles. The highest BCUT2D eigenvalue weighted by Gasteiger charge is 2.05. The molecular formula is C13H18N2OS2. The van der Waals surface area contributed by atoms with Crippen LogP contribution in [0.1, 0.15) is 16.3 Å². The molecule has 0 atom stereocenters. The fraction of sp³-hybridized carbons (Fsp3) is 0.462. The Morgan fingerprint density at radius 1 is 1.39 bits per heavy atom. The molecule has 2 rings (SSSR count). The highest BCUT2D eigenvalue weighted by atomic mass is 32.2. The molecule has 0 aliphatic heterocycles. The normalized spacial score (nSPS) is 11.0. The summed E-state index contributed by atoms with van der Waals surface area (Å²) in [6, 6.07) is 4.28. The maximum Gasteiger partial charge on any atom is 0.256 e. The van der Waals surface area contributed by atoms with Gasteiger partial charge in [0.05, 0.1) is 5.69 Å². The minimum Gasteiger partial charge on any atom is -0.437 e. The number of oxazole rings is 1. The van der Waals surface area contributed by atoms with Crippen molar-refractivity contribution in [3.8, 4) is 0 Å². The predicted molar refractivity (Wildman–Crippen MR) is 77.6 cm³/mol. The van der Waals surface area contributed by atoms with Crippen molar-refractivity contribution in [2.24, 2.45) is 0 Å². The number of thioether (sulfide) groups is 1. The Morgan fingerprint density at radius 2 is 2.28 bits per heavy atom. The van der Waals surface area contributed by atoms with Crippen molar-refractivity contribution in [3.63, 3.8) is 0 Å². The maximum absolute atomic E-state index is 5.51. The van der Waals surface area contributed by atoms with E-state index in [1.165, 1.54) is 4.88 Å². The van der Waals surface area contributed by atoms with Crippen LogP contribution >= 0.6 is 23.1 Å². The first-order valence-corrected chi connectivity index (χ1v) is 7.92. The third kappa shape index (κ3) is 4.15. The number of aryl methyl sites for hydroxylation is 2. The lowest BCUT2D eigenvalue weighted by Gasteiger charge is -2.01. The summed E-state index contributed by atoms with van der Waals surface area (Å²) in [5.74, 6) is 1.91. The third-order valence-electron chi connectivity index (χ3n) is 2.64. The molecule has 0 bridgehead atoms. The summed E-state index contributed by atoms with van der Waals surface area (Å²) in [6.07, 6.45) is 1.11. The van der Waals surface area contributed by atoms with Crippen molar-refractivity contribution >= 4 is 23.1 Å². The van der Waals surface area contributed by atoms with E-state index >= 15 is 0 Å². The molecule has 18 heavy (non-hydrogen) atoms. The Morgan fingerprint density at radius 3 is 2.94 bits per heavy atom. The first-order valence-electron chi connectivity index (χ1n) is 6.05. The average molecular weight is 282 g/mol. The van der Waals surface area contributed by atoms with Crippen LogP contribution in [0.25, 0.3) is 0 Å². The predicted octanol–water partition coefficient (Wildman–Crippen LogP) is 3.28. The van der Waals surface area contributed by atoms with Crippen LogP contribution in [-0.2, 0) is 6.42 Å². The molecule has 3 nitrogen and oxygen atoms in total. The van der Waals surface area contributed by atoms with Crippen LogP contribution in [0.4, 0.5) is 0 Å². The number of thiophene rings is 1. The smallest absolute Gasteiger partial charge is 0.256 e. The first kappa shape index (κ1) is 13.6. The van der Waals surface area contributed by atoms with Crippen LogP contribution in [0.2, 0.25) is 0 Å². The fourth-order valence-electron chi connectivity index (χ4n) is 1.51. The summed E-state index contributed by atoms with van der Waals surface area (Å²) in [5, 5.41) is 6.34. The van der Waals surface area contributed by atoms with Gasteiger partial charge in [0.25, 0.3) is 5.22 Å². The SMILES string of the molecule is Cc1nc(SCCNCCc2cccs2)oc1C. The van der Waals surface area contributed by atoms with E-state index in [4.69, 9.17) is 4.42 Å². The second-order valence-electron chi connectivity index (χ2n) is 4.05. The number of aromatic nitrogens is 1. The van der Waals surface area contributed by atoms with E-state index in [1.807, 2.05) is 25.2 Å². The lowest BCUT2D eigenvalue weighted by Crippen LogP contribution is -2.19. The zero-order valence-corrected chi connectivity index (χ0v) is 12.4. The molecule has 2 aromatic heterocycles.